The highest BCUT2D eigenvalue weighted by atomic mass is 16.5. The fourth-order valence-corrected chi connectivity index (χ4v) is 5.36. The van der Waals surface area contributed by atoms with E-state index in [4.69, 9.17) is 4.74 Å². The summed E-state index contributed by atoms with van der Waals surface area (Å²) in [7, 11) is 0. The highest BCUT2D eigenvalue weighted by molar-refractivity contribution is 6.02. The first-order valence-corrected chi connectivity index (χ1v) is 12.5. The number of aromatic nitrogens is 5. The number of rotatable bonds is 4. The van der Waals surface area contributed by atoms with Crippen molar-refractivity contribution in [3.63, 3.8) is 0 Å². The lowest BCUT2D eigenvalue weighted by Crippen LogP contribution is -2.40. The third-order valence-corrected chi connectivity index (χ3v) is 7.43. The number of carbonyl (C=O) groups excluding carboxylic acids is 2. The monoisotopic (exact) mass is 487 g/mol. The fraction of sp³-hybridized carbons (Fsp3) is 0.462. The smallest absolute Gasteiger partial charge is 0.275 e. The highest BCUT2D eigenvalue weighted by Crippen LogP contribution is 2.35. The number of amides is 2. The van der Waals surface area contributed by atoms with Gasteiger partial charge in [-0.05, 0) is 62.4 Å². The summed E-state index contributed by atoms with van der Waals surface area (Å²) in [5.74, 6) is 1.80. The third kappa shape index (κ3) is 4.05. The van der Waals surface area contributed by atoms with Gasteiger partial charge in [-0.3, -0.25) is 14.6 Å². The second kappa shape index (κ2) is 8.77. The molecule has 3 aliphatic rings. The molecule has 186 valence electrons. The van der Waals surface area contributed by atoms with Crippen molar-refractivity contribution in [2.24, 2.45) is 5.92 Å². The molecule has 0 radical (unpaired) electrons. The van der Waals surface area contributed by atoms with Crippen LogP contribution < -0.4 is 5.32 Å². The van der Waals surface area contributed by atoms with E-state index in [0.717, 1.165) is 42.6 Å². The van der Waals surface area contributed by atoms with E-state index < -0.39 is 0 Å². The van der Waals surface area contributed by atoms with Gasteiger partial charge in [0.1, 0.15) is 23.0 Å². The van der Waals surface area contributed by atoms with Crippen molar-refractivity contribution in [1.29, 1.82) is 0 Å². The number of fused-ring (bicyclic) bond motifs is 2. The maximum absolute atomic E-state index is 13.1. The molecule has 0 saturated carbocycles. The molecule has 0 aliphatic carbocycles. The number of aryl methyl sites for hydroxylation is 1. The minimum atomic E-state index is -0.345. The Labute approximate surface area is 209 Å². The van der Waals surface area contributed by atoms with Gasteiger partial charge < -0.3 is 19.5 Å². The van der Waals surface area contributed by atoms with Crippen molar-refractivity contribution in [1.82, 2.24) is 29.6 Å². The van der Waals surface area contributed by atoms with E-state index in [2.05, 4.69) is 43.9 Å². The Balaban J connectivity index is 1.19. The maximum atomic E-state index is 13.1. The van der Waals surface area contributed by atoms with Gasteiger partial charge >= 0.3 is 0 Å². The summed E-state index contributed by atoms with van der Waals surface area (Å²) in [5.41, 5.74) is 2.90. The molecule has 0 bridgehead atoms. The third-order valence-electron chi connectivity index (χ3n) is 7.43. The number of nitrogens with zero attached hydrogens (tertiary/aromatic N) is 6. The maximum Gasteiger partial charge on any atom is 0.275 e. The van der Waals surface area contributed by atoms with Crippen LogP contribution in [0.2, 0.25) is 0 Å². The lowest BCUT2D eigenvalue weighted by molar-refractivity contribution is -0.136. The molecule has 6 rings (SSSR count). The summed E-state index contributed by atoms with van der Waals surface area (Å²) >= 11 is 0. The van der Waals surface area contributed by atoms with E-state index >= 15 is 0 Å². The summed E-state index contributed by atoms with van der Waals surface area (Å²) < 4.78 is 7.52. The van der Waals surface area contributed by atoms with Crippen molar-refractivity contribution in [2.75, 3.05) is 25.1 Å². The largest absolute Gasteiger partial charge is 0.381 e. The normalized spacial score (nSPS) is 20.2. The van der Waals surface area contributed by atoms with Gasteiger partial charge in [-0.2, -0.15) is 0 Å². The molecule has 10 nitrogen and oxygen atoms in total. The van der Waals surface area contributed by atoms with Gasteiger partial charge in [-0.15, -0.1) is 10.2 Å². The van der Waals surface area contributed by atoms with Crippen LogP contribution in [0, 0.1) is 5.92 Å². The molecule has 36 heavy (non-hydrogen) atoms. The zero-order valence-corrected chi connectivity index (χ0v) is 20.5. The first-order chi connectivity index (χ1) is 17.4. The van der Waals surface area contributed by atoms with Gasteiger partial charge in [0.2, 0.25) is 5.91 Å². The van der Waals surface area contributed by atoms with Gasteiger partial charge in [-0.1, -0.05) is 6.07 Å². The molecular weight excluding hydrogens is 458 g/mol. The van der Waals surface area contributed by atoms with Crippen LogP contribution in [0.4, 0.5) is 5.82 Å². The van der Waals surface area contributed by atoms with Gasteiger partial charge in [0.15, 0.2) is 5.82 Å². The first kappa shape index (κ1) is 22.8. The van der Waals surface area contributed by atoms with Crippen LogP contribution in [0.15, 0.2) is 30.5 Å². The van der Waals surface area contributed by atoms with Crippen molar-refractivity contribution < 1.29 is 14.3 Å². The minimum absolute atomic E-state index is 0.0633. The Kier molecular flexibility index (Phi) is 5.55. The van der Waals surface area contributed by atoms with E-state index in [1.54, 1.807) is 18.3 Å². The molecule has 3 aliphatic heterocycles. The molecule has 0 aromatic carbocycles. The highest BCUT2D eigenvalue weighted by Gasteiger charge is 2.34. The van der Waals surface area contributed by atoms with Crippen LogP contribution >= 0.6 is 0 Å². The second-order valence-corrected chi connectivity index (χ2v) is 10.4. The lowest BCUT2D eigenvalue weighted by Gasteiger charge is -2.30. The average molecular weight is 488 g/mol. The van der Waals surface area contributed by atoms with Gasteiger partial charge in [-0.25, -0.2) is 4.98 Å². The van der Waals surface area contributed by atoms with Crippen molar-refractivity contribution >= 4 is 17.6 Å². The predicted octanol–water partition coefficient (Wildman–Crippen LogP) is 2.59. The van der Waals surface area contributed by atoms with Crippen molar-refractivity contribution in [3.05, 3.63) is 53.1 Å². The van der Waals surface area contributed by atoms with Crippen LogP contribution in [0.3, 0.4) is 0 Å². The Hall–Kier alpha value is -3.66. The van der Waals surface area contributed by atoms with Crippen molar-refractivity contribution in [2.45, 2.75) is 51.6 Å². The zero-order valence-electron chi connectivity index (χ0n) is 20.5. The summed E-state index contributed by atoms with van der Waals surface area (Å²) in [6.07, 6.45) is 5.14. The number of hydrogen-bond donors (Lipinski definition) is 1. The van der Waals surface area contributed by atoms with Crippen LogP contribution in [-0.2, 0) is 34.5 Å². The molecule has 10 heteroatoms. The van der Waals surface area contributed by atoms with E-state index in [0.29, 0.717) is 49.3 Å². The molecule has 2 amide bonds. The first-order valence-electron chi connectivity index (χ1n) is 12.5. The number of ether oxygens (including phenoxy) is 1. The molecule has 0 spiro atoms. The van der Waals surface area contributed by atoms with E-state index in [9.17, 15) is 9.59 Å². The summed E-state index contributed by atoms with van der Waals surface area (Å²) in [6.45, 7) is 6.61. The number of anilines is 1. The number of carbonyl (C=O) groups is 2. The quantitative estimate of drug-likeness (QED) is 0.601. The standard InChI is InChI=1S/C26H29N7O3/c1-26(2)9-6-22-30-31-23(33(22)26)19-4-3-5-21(28-19)29-24(34)20-12-18-14-32(10-7-16(18)13-27-20)25(35)17-8-11-36-15-17/h3-5,12-13,17H,6-11,14-15H2,1-2H3,(H,28,29,34)/t17-/m1/s1. The minimum Gasteiger partial charge on any atom is -0.381 e. The average Bonchev–Trinajstić information content (AvgIpc) is 3.62. The summed E-state index contributed by atoms with van der Waals surface area (Å²) in [6, 6.07) is 7.25. The SMILES string of the molecule is CC1(C)CCc2nnc(-c3cccc(NC(=O)c4cc5c(cn4)CCN(C(=O)[C@@H]4CCOC4)C5)n3)n21. The van der Waals surface area contributed by atoms with E-state index in [1.807, 2.05) is 17.0 Å². The molecule has 1 fully saturated rings. The zero-order chi connectivity index (χ0) is 24.9. The molecule has 1 saturated heterocycles. The molecule has 6 heterocycles. The molecule has 3 aromatic heterocycles. The molecule has 0 unspecified atom stereocenters. The molecular formula is C26H29N7O3. The van der Waals surface area contributed by atoms with E-state index in [-0.39, 0.29) is 23.3 Å². The van der Waals surface area contributed by atoms with E-state index in [1.165, 1.54) is 0 Å². The van der Waals surface area contributed by atoms with Gasteiger partial charge in [0.05, 0.1) is 12.5 Å². The Morgan fingerprint density at radius 1 is 1.17 bits per heavy atom. The molecule has 1 N–H and O–H groups in total. The van der Waals surface area contributed by atoms with Crippen LogP contribution in [0.25, 0.3) is 11.5 Å². The predicted molar refractivity (Wildman–Crippen MR) is 131 cm³/mol. The second-order valence-electron chi connectivity index (χ2n) is 10.4. The summed E-state index contributed by atoms with van der Waals surface area (Å²) in [4.78, 5) is 36.8. The molecule has 3 aromatic rings. The van der Waals surface area contributed by atoms with Gasteiger partial charge in [0, 0.05) is 37.9 Å². The van der Waals surface area contributed by atoms with Crippen molar-refractivity contribution in [3.8, 4) is 11.5 Å². The number of hydrogen-bond acceptors (Lipinski definition) is 7. The summed E-state index contributed by atoms with van der Waals surface area (Å²) in [5, 5.41) is 11.6. The van der Waals surface area contributed by atoms with Crippen LogP contribution in [-0.4, -0.2) is 61.2 Å². The topological polar surface area (TPSA) is 115 Å². The van der Waals surface area contributed by atoms with Crippen LogP contribution in [0.1, 0.15) is 54.1 Å². The van der Waals surface area contributed by atoms with Gasteiger partial charge in [0.25, 0.3) is 5.91 Å². The number of nitrogens with one attached hydrogen (secondary N) is 1. The lowest BCUT2D eigenvalue weighted by atomic mass is 9.99. The Bertz CT molecular complexity index is 1340. The van der Waals surface area contributed by atoms with Crippen LogP contribution in [0.5, 0.6) is 0 Å². The Morgan fingerprint density at radius 3 is 2.89 bits per heavy atom. The molecule has 1 atom stereocenters. The number of pyridine rings is 2. The fourth-order valence-electron chi connectivity index (χ4n) is 5.36. The Morgan fingerprint density at radius 2 is 2.06 bits per heavy atom.